The molecule has 7 heteroatoms. The zero-order chi connectivity index (χ0) is 22.1. The number of methoxy groups -OCH3 is 2. The molecule has 164 valence electrons. The number of sulfonamides is 1. The molecule has 0 spiro atoms. The molecule has 6 nitrogen and oxygen atoms in total. The number of carbonyl (C=O) groups excluding carboxylic acids is 1. The van der Waals surface area contributed by atoms with Crippen molar-refractivity contribution in [3.05, 3.63) is 65.7 Å². The fourth-order valence-corrected chi connectivity index (χ4v) is 6.30. The summed E-state index contributed by atoms with van der Waals surface area (Å²) >= 11 is 0. The van der Waals surface area contributed by atoms with Crippen LogP contribution in [0.3, 0.4) is 0 Å². The Bertz CT molecular complexity index is 1110. The first-order valence-corrected chi connectivity index (χ1v) is 11.8. The maximum absolute atomic E-state index is 13.7. The number of fused-ring (bicyclic) bond motifs is 1. The van der Waals surface area contributed by atoms with Crippen LogP contribution in [0.2, 0.25) is 0 Å². The summed E-state index contributed by atoms with van der Waals surface area (Å²) in [7, 11) is -0.874. The summed E-state index contributed by atoms with van der Waals surface area (Å²) < 4.78 is 39.4. The third kappa shape index (κ3) is 4.12. The summed E-state index contributed by atoms with van der Waals surface area (Å²) in [5, 5.41) is 0. The molecule has 1 heterocycles. The van der Waals surface area contributed by atoms with Crippen LogP contribution in [0.5, 0.6) is 11.5 Å². The maximum atomic E-state index is 13.7. The predicted molar refractivity (Wildman–Crippen MR) is 118 cm³/mol. The average molecular weight is 442 g/mol. The van der Waals surface area contributed by atoms with Crippen molar-refractivity contribution in [3.8, 4) is 11.5 Å². The number of rotatable bonds is 6. The van der Waals surface area contributed by atoms with E-state index in [9.17, 15) is 13.2 Å². The Hall–Kier alpha value is -2.64. The van der Waals surface area contributed by atoms with Gasteiger partial charge in [0, 0.05) is 37.4 Å². The van der Waals surface area contributed by atoms with Crippen molar-refractivity contribution >= 4 is 15.8 Å². The predicted octanol–water partition coefficient (Wildman–Crippen LogP) is 3.62. The molecule has 2 aromatic carbocycles. The van der Waals surface area contributed by atoms with E-state index < -0.39 is 10.0 Å². The second kappa shape index (κ2) is 8.48. The number of carbonyl (C=O) groups is 1. The lowest BCUT2D eigenvalue weighted by molar-refractivity contribution is -0.120. The number of ketones is 1. The number of hydrogen-bond acceptors (Lipinski definition) is 5. The van der Waals surface area contributed by atoms with Crippen LogP contribution in [-0.2, 0) is 21.2 Å². The number of Topliss-reactive ketones (excluding diaryl/α,β-unsaturated/α-hetero) is 1. The first-order valence-electron chi connectivity index (χ1n) is 10.4. The molecule has 1 aliphatic carbocycles. The van der Waals surface area contributed by atoms with E-state index in [-0.39, 0.29) is 28.4 Å². The van der Waals surface area contributed by atoms with Gasteiger partial charge in [-0.3, -0.25) is 4.79 Å². The van der Waals surface area contributed by atoms with E-state index in [0.29, 0.717) is 38.0 Å². The zero-order valence-corrected chi connectivity index (χ0v) is 18.7. The van der Waals surface area contributed by atoms with Crippen LogP contribution in [0.1, 0.15) is 24.8 Å². The molecule has 1 aliphatic heterocycles. The fraction of sp³-hybridized carbons (Fsp3) is 0.375. The van der Waals surface area contributed by atoms with Crippen molar-refractivity contribution < 1.29 is 22.7 Å². The van der Waals surface area contributed by atoms with Crippen LogP contribution in [-0.4, -0.2) is 45.8 Å². The van der Waals surface area contributed by atoms with Crippen molar-refractivity contribution in [1.82, 2.24) is 4.31 Å². The minimum absolute atomic E-state index is 0.0907. The van der Waals surface area contributed by atoms with Gasteiger partial charge in [-0.1, -0.05) is 42.0 Å². The molecule has 1 fully saturated rings. The lowest BCUT2D eigenvalue weighted by Crippen LogP contribution is -2.49. The van der Waals surface area contributed by atoms with Gasteiger partial charge in [0.05, 0.1) is 14.2 Å². The third-order valence-electron chi connectivity index (χ3n) is 6.35. The quantitative estimate of drug-likeness (QED) is 0.641. The van der Waals surface area contributed by atoms with E-state index in [0.717, 1.165) is 11.1 Å². The SMILES string of the molecule is COc1ccc(OC)c(S(=O)(=O)N2CC=C3CC(=O)CCC3(Cc3ccccc3)C2)c1. The van der Waals surface area contributed by atoms with E-state index in [1.165, 1.54) is 24.6 Å². The van der Waals surface area contributed by atoms with Crippen LogP contribution in [0, 0.1) is 5.41 Å². The summed E-state index contributed by atoms with van der Waals surface area (Å²) in [6.45, 7) is 0.575. The highest BCUT2D eigenvalue weighted by molar-refractivity contribution is 7.89. The second-order valence-electron chi connectivity index (χ2n) is 8.20. The van der Waals surface area contributed by atoms with E-state index in [2.05, 4.69) is 12.1 Å². The summed E-state index contributed by atoms with van der Waals surface area (Å²) in [5.41, 5.74) is 1.82. The van der Waals surface area contributed by atoms with Crippen molar-refractivity contribution in [3.63, 3.8) is 0 Å². The molecule has 2 aliphatic rings. The van der Waals surface area contributed by atoms with Crippen LogP contribution in [0.4, 0.5) is 0 Å². The Morgan fingerprint density at radius 3 is 2.55 bits per heavy atom. The highest BCUT2D eigenvalue weighted by Gasteiger charge is 2.45. The molecule has 1 unspecified atom stereocenters. The number of nitrogens with zero attached hydrogens (tertiary/aromatic N) is 1. The van der Waals surface area contributed by atoms with Crippen LogP contribution >= 0.6 is 0 Å². The molecule has 0 radical (unpaired) electrons. The van der Waals surface area contributed by atoms with E-state index in [4.69, 9.17) is 9.47 Å². The number of ether oxygens (including phenoxy) is 2. The Morgan fingerprint density at radius 1 is 1.06 bits per heavy atom. The molecular formula is C24H27NO5S. The van der Waals surface area contributed by atoms with Crippen molar-refractivity contribution in [2.45, 2.75) is 30.6 Å². The Morgan fingerprint density at radius 2 is 1.84 bits per heavy atom. The summed E-state index contributed by atoms with van der Waals surface area (Å²) in [6.07, 6.45) is 4.17. The van der Waals surface area contributed by atoms with Gasteiger partial charge in [-0.25, -0.2) is 8.42 Å². The average Bonchev–Trinajstić information content (AvgIpc) is 2.79. The van der Waals surface area contributed by atoms with Gasteiger partial charge in [0.15, 0.2) is 0 Å². The standard InChI is InChI=1S/C24H27NO5S/c1-29-21-8-9-22(30-2)23(15-21)31(27,28)25-13-11-19-14-20(26)10-12-24(19,17-25)16-18-6-4-3-5-7-18/h3-9,11,15H,10,12-14,16-17H2,1-2H3. The normalized spacial score (nSPS) is 21.9. The number of hydrogen-bond donors (Lipinski definition) is 0. The zero-order valence-electron chi connectivity index (χ0n) is 17.8. The molecule has 0 N–H and O–H groups in total. The topological polar surface area (TPSA) is 72.9 Å². The van der Waals surface area contributed by atoms with Crippen molar-refractivity contribution in [1.29, 1.82) is 0 Å². The molecular weight excluding hydrogens is 414 g/mol. The molecule has 1 saturated carbocycles. The number of benzene rings is 2. The second-order valence-corrected chi connectivity index (χ2v) is 10.1. The van der Waals surface area contributed by atoms with Gasteiger partial charge >= 0.3 is 0 Å². The molecule has 0 aromatic heterocycles. The molecule has 1 atom stereocenters. The van der Waals surface area contributed by atoms with Crippen LogP contribution < -0.4 is 9.47 Å². The molecule has 31 heavy (non-hydrogen) atoms. The Labute approximate surface area is 183 Å². The van der Waals surface area contributed by atoms with Gasteiger partial charge in [-0.2, -0.15) is 4.31 Å². The van der Waals surface area contributed by atoms with Gasteiger partial charge in [0.2, 0.25) is 10.0 Å². The minimum Gasteiger partial charge on any atom is -0.497 e. The molecule has 2 aromatic rings. The first-order chi connectivity index (χ1) is 14.9. The van der Waals surface area contributed by atoms with Gasteiger partial charge in [0.25, 0.3) is 0 Å². The molecule has 0 amide bonds. The third-order valence-corrected chi connectivity index (χ3v) is 8.18. The van der Waals surface area contributed by atoms with Crippen molar-refractivity contribution in [2.75, 3.05) is 27.3 Å². The lowest BCUT2D eigenvalue weighted by Gasteiger charge is -2.45. The summed E-state index contributed by atoms with van der Waals surface area (Å²) in [4.78, 5) is 12.3. The Kier molecular flexibility index (Phi) is 5.90. The van der Waals surface area contributed by atoms with E-state index in [1.54, 1.807) is 12.1 Å². The highest BCUT2D eigenvalue weighted by Crippen LogP contribution is 2.46. The largest absolute Gasteiger partial charge is 0.497 e. The fourth-order valence-electron chi connectivity index (χ4n) is 4.66. The monoisotopic (exact) mass is 441 g/mol. The maximum Gasteiger partial charge on any atom is 0.247 e. The van der Waals surface area contributed by atoms with Gasteiger partial charge < -0.3 is 9.47 Å². The minimum atomic E-state index is -3.83. The van der Waals surface area contributed by atoms with Crippen LogP contribution in [0.15, 0.2) is 65.1 Å². The van der Waals surface area contributed by atoms with Gasteiger partial charge in [-0.05, 0) is 30.5 Å². The molecule has 4 rings (SSSR count). The van der Waals surface area contributed by atoms with E-state index in [1.807, 2.05) is 24.3 Å². The summed E-state index contributed by atoms with van der Waals surface area (Å²) in [6, 6.07) is 14.8. The van der Waals surface area contributed by atoms with Gasteiger partial charge in [0.1, 0.15) is 22.2 Å². The van der Waals surface area contributed by atoms with Crippen LogP contribution in [0.25, 0.3) is 0 Å². The summed E-state index contributed by atoms with van der Waals surface area (Å²) in [5.74, 6) is 0.960. The smallest absolute Gasteiger partial charge is 0.247 e. The molecule has 0 saturated heterocycles. The van der Waals surface area contributed by atoms with Crippen molar-refractivity contribution in [2.24, 2.45) is 5.41 Å². The molecule has 0 bridgehead atoms. The van der Waals surface area contributed by atoms with Gasteiger partial charge in [-0.15, -0.1) is 0 Å². The lowest BCUT2D eigenvalue weighted by atomic mass is 9.65. The highest BCUT2D eigenvalue weighted by atomic mass is 32.2. The first kappa shape index (κ1) is 21.6. The Balaban J connectivity index is 1.73. The van der Waals surface area contributed by atoms with E-state index >= 15 is 0 Å².